The predicted molar refractivity (Wildman–Crippen MR) is 63.4 cm³/mol. The van der Waals surface area contributed by atoms with E-state index in [2.05, 4.69) is 11.1 Å². The molecule has 94 valence electrons. The Morgan fingerprint density at radius 3 is 2.62 bits per heavy atom. The lowest BCUT2D eigenvalue weighted by molar-refractivity contribution is -0.125. The molecule has 0 saturated heterocycles. The second kappa shape index (κ2) is 7.60. The predicted octanol–water partition coefficient (Wildman–Crippen LogP) is 1.63. The van der Waals surface area contributed by atoms with Crippen molar-refractivity contribution >= 4 is 13.5 Å². The van der Waals surface area contributed by atoms with Gasteiger partial charge in [0.05, 0.1) is 6.16 Å². The highest BCUT2D eigenvalue weighted by atomic mass is 31.2. The summed E-state index contributed by atoms with van der Waals surface area (Å²) in [5, 5.41) is 0. The zero-order valence-electron chi connectivity index (χ0n) is 9.89. The van der Waals surface area contributed by atoms with Gasteiger partial charge in [-0.05, 0) is 12.5 Å². The summed E-state index contributed by atoms with van der Waals surface area (Å²) in [5.74, 6) is -0.218. The van der Waals surface area contributed by atoms with Gasteiger partial charge in [-0.1, -0.05) is 19.9 Å². The van der Waals surface area contributed by atoms with E-state index in [1.54, 1.807) is 0 Å². The zero-order chi connectivity index (χ0) is 12.6. The highest BCUT2D eigenvalue weighted by molar-refractivity contribution is 7.52. The van der Waals surface area contributed by atoms with Crippen LogP contribution in [0, 0.1) is 0 Å². The van der Waals surface area contributed by atoms with Crippen molar-refractivity contribution in [2.75, 3.05) is 26.4 Å². The molecule has 0 spiro atoms. The SMILES string of the molecule is C=CC(=O)N(CCCC)CCP(=O)(O)OC. The van der Waals surface area contributed by atoms with Crippen LogP contribution in [0.15, 0.2) is 12.7 Å². The van der Waals surface area contributed by atoms with E-state index in [1.807, 2.05) is 6.92 Å². The molecule has 0 heterocycles. The molecule has 5 nitrogen and oxygen atoms in total. The summed E-state index contributed by atoms with van der Waals surface area (Å²) in [5.41, 5.74) is 0. The molecule has 6 heteroatoms. The lowest BCUT2D eigenvalue weighted by Gasteiger charge is -2.21. The van der Waals surface area contributed by atoms with Gasteiger partial charge in [0.1, 0.15) is 0 Å². The molecule has 0 aromatic heterocycles. The average Bonchev–Trinajstić information content (AvgIpc) is 2.28. The number of unbranched alkanes of at least 4 members (excludes halogenated alkanes) is 1. The molecule has 0 rings (SSSR count). The van der Waals surface area contributed by atoms with E-state index < -0.39 is 7.60 Å². The average molecular weight is 249 g/mol. The minimum atomic E-state index is -3.54. The molecule has 1 unspecified atom stereocenters. The van der Waals surface area contributed by atoms with E-state index in [4.69, 9.17) is 0 Å². The topological polar surface area (TPSA) is 66.8 Å². The fraction of sp³-hybridized carbons (Fsp3) is 0.700. The Bertz CT molecular complexity index is 280. The van der Waals surface area contributed by atoms with Crippen LogP contribution in [0.2, 0.25) is 0 Å². The van der Waals surface area contributed by atoms with Crippen molar-refractivity contribution in [2.24, 2.45) is 0 Å². The summed E-state index contributed by atoms with van der Waals surface area (Å²) in [4.78, 5) is 22.2. The van der Waals surface area contributed by atoms with Crippen LogP contribution in [0.25, 0.3) is 0 Å². The number of nitrogens with zero attached hydrogens (tertiary/aromatic N) is 1. The van der Waals surface area contributed by atoms with Gasteiger partial charge in [-0.2, -0.15) is 0 Å². The van der Waals surface area contributed by atoms with Gasteiger partial charge in [0.2, 0.25) is 5.91 Å². The van der Waals surface area contributed by atoms with E-state index in [0.29, 0.717) is 6.54 Å². The fourth-order valence-electron chi connectivity index (χ4n) is 1.15. The third-order valence-corrected chi connectivity index (χ3v) is 3.54. The van der Waals surface area contributed by atoms with E-state index in [1.165, 1.54) is 18.1 Å². The van der Waals surface area contributed by atoms with Crippen molar-refractivity contribution in [3.63, 3.8) is 0 Å². The molecule has 0 fully saturated rings. The highest BCUT2D eigenvalue weighted by Gasteiger charge is 2.20. The molecule has 0 aromatic rings. The highest BCUT2D eigenvalue weighted by Crippen LogP contribution is 2.40. The van der Waals surface area contributed by atoms with Gasteiger partial charge in [0.15, 0.2) is 0 Å². The van der Waals surface area contributed by atoms with Crippen LogP contribution < -0.4 is 0 Å². The number of carbonyl (C=O) groups is 1. The maximum atomic E-state index is 11.4. The Kier molecular flexibility index (Phi) is 7.30. The Morgan fingerprint density at radius 1 is 1.56 bits per heavy atom. The molecule has 0 saturated carbocycles. The molecule has 1 N–H and O–H groups in total. The summed E-state index contributed by atoms with van der Waals surface area (Å²) in [6, 6.07) is 0. The van der Waals surface area contributed by atoms with E-state index in [9.17, 15) is 14.3 Å². The van der Waals surface area contributed by atoms with Crippen LogP contribution in [0.4, 0.5) is 0 Å². The smallest absolute Gasteiger partial charge is 0.329 e. The molecule has 0 aliphatic rings. The first kappa shape index (κ1) is 15.4. The van der Waals surface area contributed by atoms with Crippen molar-refractivity contribution in [2.45, 2.75) is 19.8 Å². The van der Waals surface area contributed by atoms with Crippen molar-refractivity contribution in [3.05, 3.63) is 12.7 Å². The Balaban J connectivity index is 4.26. The summed E-state index contributed by atoms with van der Waals surface area (Å²) in [6.45, 7) is 6.21. The first-order chi connectivity index (χ1) is 7.46. The lowest BCUT2D eigenvalue weighted by atomic mass is 10.3. The number of hydrogen-bond donors (Lipinski definition) is 1. The molecule has 0 aliphatic carbocycles. The van der Waals surface area contributed by atoms with E-state index >= 15 is 0 Å². The summed E-state index contributed by atoms with van der Waals surface area (Å²) < 4.78 is 15.7. The lowest BCUT2D eigenvalue weighted by Crippen LogP contribution is -2.33. The molecule has 16 heavy (non-hydrogen) atoms. The van der Waals surface area contributed by atoms with Crippen LogP contribution in [-0.4, -0.2) is 42.1 Å². The van der Waals surface area contributed by atoms with Gasteiger partial charge in [-0.25, -0.2) is 0 Å². The van der Waals surface area contributed by atoms with Crippen LogP contribution in [0.3, 0.4) is 0 Å². The Hall–Kier alpha value is -0.640. The van der Waals surface area contributed by atoms with Crippen molar-refractivity contribution in [1.29, 1.82) is 0 Å². The summed E-state index contributed by atoms with van der Waals surface area (Å²) in [7, 11) is -2.35. The minimum Gasteiger partial charge on any atom is -0.339 e. The van der Waals surface area contributed by atoms with Crippen LogP contribution in [0.1, 0.15) is 19.8 Å². The van der Waals surface area contributed by atoms with Gasteiger partial charge in [-0.3, -0.25) is 9.36 Å². The molecule has 0 aromatic carbocycles. The minimum absolute atomic E-state index is 0.0488. The standard InChI is InChI=1S/C10H20NO4P/c1-4-6-7-11(10(12)5-2)8-9-16(13,14)15-3/h5H,2,4,6-9H2,1,3H3,(H,13,14). The number of carbonyl (C=O) groups excluding carboxylic acids is 1. The molecular formula is C10H20NO4P. The van der Waals surface area contributed by atoms with Gasteiger partial charge in [0.25, 0.3) is 0 Å². The van der Waals surface area contributed by atoms with Crippen molar-refractivity contribution < 1.29 is 18.8 Å². The van der Waals surface area contributed by atoms with Gasteiger partial charge < -0.3 is 14.3 Å². The molecule has 0 bridgehead atoms. The normalized spacial score (nSPS) is 14.2. The number of rotatable bonds is 8. The molecule has 1 atom stereocenters. The molecule has 0 aliphatic heterocycles. The van der Waals surface area contributed by atoms with Crippen LogP contribution in [0.5, 0.6) is 0 Å². The maximum absolute atomic E-state index is 11.4. The molecule has 0 radical (unpaired) electrons. The largest absolute Gasteiger partial charge is 0.339 e. The number of amides is 1. The van der Waals surface area contributed by atoms with Gasteiger partial charge >= 0.3 is 7.60 Å². The first-order valence-electron chi connectivity index (χ1n) is 5.25. The molecular weight excluding hydrogens is 229 g/mol. The van der Waals surface area contributed by atoms with Crippen molar-refractivity contribution in [3.8, 4) is 0 Å². The number of hydrogen-bond acceptors (Lipinski definition) is 3. The quantitative estimate of drug-likeness (QED) is 0.524. The summed E-state index contributed by atoms with van der Waals surface area (Å²) in [6.07, 6.45) is 2.99. The monoisotopic (exact) mass is 249 g/mol. The third kappa shape index (κ3) is 6.05. The third-order valence-electron chi connectivity index (χ3n) is 2.21. The Morgan fingerprint density at radius 2 is 2.19 bits per heavy atom. The second-order valence-electron chi connectivity index (χ2n) is 3.43. The van der Waals surface area contributed by atoms with Gasteiger partial charge in [0, 0.05) is 20.2 Å². The van der Waals surface area contributed by atoms with Crippen LogP contribution in [-0.2, 0) is 13.9 Å². The molecule has 1 amide bonds. The second-order valence-corrected chi connectivity index (χ2v) is 5.51. The fourth-order valence-corrected chi connectivity index (χ4v) is 1.83. The maximum Gasteiger partial charge on any atom is 0.329 e. The summed E-state index contributed by atoms with van der Waals surface area (Å²) >= 11 is 0. The first-order valence-corrected chi connectivity index (χ1v) is 7.02. The zero-order valence-corrected chi connectivity index (χ0v) is 10.8. The van der Waals surface area contributed by atoms with Crippen molar-refractivity contribution in [1.82, 2.24) is 4.90 Å². The van der Waals surface area contributed by atoms with Crippen LogP contribution >= 0.6 is 7.60 Å². The van der Waals surface area contributed by atoms with E-state index in [-0.39, 0.29) is 18.6 Å². The van der Waals surface area contributed by atoms with Gasteiger partial charge in [-0.15, -0.1) is 0 Å². The Labute approximate surface area is 96.6 Å². The van der Waals surface area contributed by atoms with E-state index in [0.717, 1.165) is 12.8 Å².